The van der Waals surface area contributed by atoms with Crippen LogP contribution in [0.4, 0.5) is 0 Å². The average Bonchev–Trinajstić information content (AvgIpc) is 2.24. The third-order valence-electron chi connectivity index (χ3n) is 16.8. The third-order valence-corrected chi connectivity index (χ3v) is 16.8. The van der Waals surface area contributed by atoms with Crippen LogP contribution in [0, 0.1) is 0 Å². The number of hydrogen-bond donors (Lipinski definition) is 0. The second-order valence-electron chi connectivity index (χ2n) is 21.9. The minimum absolute atomic E-state index is 0.581. The van der Waals surface area contributed by atoms with Gasteiger partial charge in [-0.05, 0) is 128 Å². The Morgan fingerprint density at radius 2 is 0.430 bits per heavy atom. The first kappa shape index (κ1) is 50.2. The number of rotatable bonds is 11. The molecule has 5 nitrogen and oxygen atoms in total. The molecule has 0 unspecified atom stereocenters. The predicted octanol–water partition coefficient (Wildman–Crippen LogP) is 21.1. The summed E-state index contributed by atoms with van der Waals surface area (Å²) in [6.07, 6.45) is 0. The van der Waals surface area contributed by atoms with Crippen LogP contribution >= 0.6 is 0 Å². The van der Waals surface area contributed by atoms with Gasteiger partial charge in [-0.15, -0.1) is 0 Å². The number of nitrogens with zero attached hydrogens (tertiary/aromatic N) is 5. The van der Waals surface area contributed by atoms with E-state index in [2.05, 4.69) is 312 Å². The van der Waals surface area contributed by atoms with Crippen LogP contribution in [0.15, 0.2) is 322 Å². The smallest absolute Gasteiger partial charge is 0.164 e. The second kappa shape index (κ2) is 21.3. The lowest BCUT2D eigenvalue weighted by molar-refractivity contribution is 1.07. The van der Waals surface area contributed by atoms with Crippen molar-refractivity contribution >= 4 is 43.6 Å². The van der Waals surface area contributed by atoms with E-state index in [1.165, 1.54) is 43.8 Å². The summed E-state index contributed by atoms with van der Waals surface area (Å²) in [5.74, 6) is 1.76. The molecule has 3 aromatic heterocycles. The van der Waals surface area contributed by atoms with Gasteiger partial charge in [-0.25, -0.2) is 15.0 Å². The van der Waals surface area contributed by atoms with Gasteiger partial charge in [-0.1, -0.05) is 249 Å². The monoisotopic (exact) mass is 1100 g/mol. The fourth-order valence-electron chi connectivity index (χ4n) is 12.7. The number of benzene rings is 13. The molecule has 0 fully saturated rings. The molecule has 0 bridgehead atoms. The highest BCUT2D eigenvalue weighted by Gasteiger charge is 2.21. The second-order valence-corrected chi connectivity index (χ2v) is 21.9. The van der Waals surface area contributed by atoms with Crippen LogP contribution in [0.5, 0.6) is 0 Å². The van der Waals surface area contributed by atoms with Gasteiger partial charge in [0.05, 0.1) is 33.4 Å². The summed E-state index contributed by atoms with van der Waals surface area (Å²) in [5, 5.41) is 4.84. The highest BCUT2D eigenvalue weighted by Crippen LogP contribution is 2.43. The third kappa shape index (κ3) is 9.03. The number of aromatic nitrogens is 5. The Labute approximate surface area is 498 Å². The molecule has 0 N–H and O–H groups in total. The van der Waals surface area contributed by atoms with Crippen LogP contribution in [-0.2, 0) is 0 Å². The predicted molar refractivity (Wildman–Crippen MR) is 357 cm³/mol. The standard InChI is InChI=1S/C81H53N5/c1-4-22-54(23-5-1)57-28-18-30-59(48-57)61-44-46-77(85-73-40-14-10-36-67(73)68-37-11-15-41-74(68)85)71(52-61)63-32-20-34-65(50-63)80-82-79(56-26-8-3-9-27-56)83-81(84-80)66-35-21-33-64(51-66)72-53-62(60-31-19-29-58(49-60)55-24-6-2-7-25-55)45-47-78(72)86-75-42-16-12-38-69(75)70-39-13-17-43-76(70)86/h1-53H. The molecule has 0 aliphatic rings. The fraction of sp³-hybridized carbons (Fsp3) is 0. The SMILES string of the molecule is c1ccc(-c2cccc(-c3ccc(-n4c5ccccc5c5ccccc54)c(-c4cccc(-c5nc(-c6ccccc6)nc(-c6cccc(-c7cc(-c8cccc(-c9ccccc9)c8)ccc7-n7c8ccccc8c8ccccc87)c6)n5)c4)c3)c2)cc1. The molecule has 16 aromatic rings. The van der Waals surface area contributed by atoms with Crippen molar-refractivity contribution in [3.05, 3.63) is 322 Å². The van der Waals surface area contributed by atoms with E-state index >= 15 is 0 Å². The zero-order valence-electron chi connectivity index (χ0n) is 46.8. The molecule has 0 aliphatic carbocycles. The van der Waals surface area contributed by atoms with Crippen molar-refractivity contribution in [3.8, 4) is 112 Å². The van der Waals surface area contributed by atoms with E-state index in [4.69, 9.17) is 15.0 Å². The molecule has 0 spiro atoms. The largest absolute Gasteiger partial charge is 0.309 e. The lowest BCUT2D eigenvalue weighted by Gasteiger charge is -2.17. The molecule has 5 heteroatoms. The van der Waals surface area contributed by atoms with Crippen molar-refractivity contribution in [2.24, 2.45) is 0 Å². The van der Waals surface area contributed by atoms with Gasteiger partial charge in [0.1, 0.15) is 0 Å². The quantitative estimate of drug-likeness (QED) is 0.130. The van der Waals surface area contributed by atoms with Crippen molar-refractivity contribution in [1.82, 2.24) is 24.1 Å². The summed E-state index contributed by atoms with van der Waals surface area (Å²) in [6, 6.07) is 115. The Hall–Kier alpha value is -11.5. The zero-order valence-corrected chi connectivity index (χ0v) is 46.8. The highest BCUT2D eigenvalue weighted by atomic mass is 15.0. The van der Waals surface area contributed by atoms with E-state index in [1.54, 1.807) is 0 Å². The molecule has 0 saturated carbocycles. The van der Waals surface area contributed by atoms with Crippen LogP contribution in [0.25, 0.3) is 156 Å². The van der Waals surface area contributed by atoms with E-state index in [0.717, 1.165) is 94.6 Å². The summed E-state index contributed by atoms with van der Waals surface area (Å²) in [7, 11) is 0. The van der Waals surface area contributed by atoms with Gasteiger partial charge in [0.15, 0.2) is 17.5 Å². The van der Waals surface area contributed by atoms with Crippen molar-refractivity contribution in [2.75, 3.05) is 0 Å². The maximum atomic E-state index is 5.45. The average molecular weight is 1100 g/mol. The van der Waals surface area contributed by atoms with Gasteiger partial charge in [0.25, 0.3) is 0 Å². The molecule has 0 saturated heterocycles. The summed E-state index contributed by atoms with van der Waals surface area (Å²) >= 11 is 0. The summed E-state index contributed by atoms with van der Waals surface area (Å²) in [5.41, 5.74) is 22.9. The maximum Gasteiger partial charge on any atom is 0.164 e. The molecule has 3 heterocycles. The van der Waals surface area contributed by atoms with E-state index < -0.39 is 0 Å². The first-order valence-electron chi connectivity index (χ1n) is 29.2. The lowest BCUT2D eigenvalue weighted by Crippen LogP contribution is -2.01. The Morgan fingerprint density at radius 1 is 0.174 bits per heavy atom. The number of fused-ring (bicyclic) bond motifs is 6. The van der Waals surface area contributed by atoms with E-state index in [1.807, 2.05) is 18.2 Å². The maximum absolute atomic E-state index is 5.45. The van der Waals surface area contributed by atoms with Gasteiger partial charge < -0.3 is 9.13 Å². The molecule has 0 atom stereocenters. The van der Waals surface area contributed by atoms with Crippen LogP contribution < -0.4 is 0 Å². The molecule has 13 aromatic carbocycles. The first-order valence-corrected chi connectivity index (χ1v) is 29.2. The molecule has 0 aliphatic heterocycles. The van der Waals surface area contributed by atoms with Gasteiger partial charge in [0, 0.05) is 49.4 Å². The molecule has 86 heavy (non-hydrogen) atoms. The van der Waals surface area contributed by atoms with Crippen molar-refractivity contribution in [1.29, 1.82) is 0 Å². The van der Waals surface area contributed by atoms with Crippen molar-refractivity contribution < 1.29 is 0 Å². The Kier molecular flexibility index (Phi) is 12.5. The van der Waals surface area contributed by atoms with Gasteiger partial charge >= 0.3 is 0 Å². The number of hydrogen-bond acceptors (Lipinski definition) is 3. The molecule has 402 valence electrons. The minimum Gasteiger partial charge on any atom is -0.309 e. The Balaban J connectivity index is 0.864. The molecule has 0 amide bonds. The van der Waals surface area contributed by atoms with Crippen LogP contribution in [0.3, 0.4) is 0 Å². The first-order chi connectivity index (χ1) is 42.6. The molecule has 0 radical (unpaired) electrons. The van der Waals surface area contributed by atoms with Crippen LogP contribution in [0.2, 0.25) is 0 Å². The topological polar surface area (TPSA) is 48.5 Å². The summed E-state index contributed by atoms with van der Waals surface area (Å²) in [6.45, 7) is 0. The van der Waals surface area contributed by atoms with Gasteiger partial charge in [-0.2, -0.15) is 0 Å². The molecular weight excluding hydrogens is 1040 g/mol. The minimum atomic E-state index is 0.581. The van der Waals surface area contributed by atoms with E-state index in [9.17, 15) is 0 Å². The molecule has 16 rings (SSSR count). The lowest BCUT2D eigenvalue weighted by atomic mass is 9.94. The highest BCUT2D eigenvalue weighted by molar-refractivity contribution is 6.11. The van der Waals surface area contributed by atoms with Crippen LogP contribution in [-0.4, -0.2) is 24.1 Å². The van der Waals surface area contributed by atoms with Crippen molar-refractivity contribution in [2.45, 2.75) is 0 Å². The van der Waals surface area contributed by atoms with E-state index in [0.29, 0.717) is 17.5 Å². The van der Waals surface area contributed by atoms with Gasteiger partial charge in [-0.3, -0.25) is 0 Å². The summed E-state index contributed by atoms with van der Waals surface area (Å²) < 4.78 is 4.84. The van der Waals surface area contributed by atoms with Gasteiger partial charge in [0.2, 0.25) is 0 Å². The molecular formula is C81H53N5. The summed E-state index contributed by atoms with van der Waals surface area (Å²) in [4.78, 5) is 16.1. The number of para-hydroxylation sites is 4. The van der Waals surface area contributed by atoms with Crippen LogP contribution in [0.1, 0.15) is 0 Å². The fourth-order valence-corrected chi connectivity index (χ4v) is 12.7. The van der Waals surface area contributed by atoms with E-state index in [-0.39, 0.29) is 0 Å². The Morgan fingerprint density at radius 3 is 0.802 bits per heavy atom. The Bertz CT molecular complexity index is 4820. The van der Waals surface area contributed by atoms with Crippen molar-refractivity contribution in [3.63, 3.8) is 0 Å². The normalized spacial score (nSPS) is 11.5. The zero-order chi connectivity index (χ0) is 56.9.